The predicted octanol–water partition coefficient (Wildman–Crippen LogP) is 2.94. The predicted molar refractivity (Wildman–Crippen MR) is 132 cm³/mol. The first-order chi connectivity index (χ1) is 15.8. The molecule has 2 heterocycles. The molecule has 0 atom stereocenters. The van der Waals surface area contributed by atoms with Crippen LogP contribution in [-0.4, -0.2) is 71.1 Å². The third-order valence-electron chi connectivity index (χ3n) is 6.22. The van der Waals surface area contributed by atoms with Crippen LogP contribution in [0.4, 0.5) is 5.69 Å². The van der Waals surface area contributed by atoms with E-state index in [1.807, 2.05) is 18.2 Å². The summed E-state index contributed by atoms with van der Waals surface area (Å²) in [7, 11) is -6.97. The zero-order chi connectivity index (χ0) is 23.5. The number of hydrogen-bond acceptors (Lipinski definition) is 5. The molecule has 2 aromatic rings. The highest BCUT2D eigenvalue weighted by molar-refractivity contribution is 7.92. The fraction of sp³-hybridized carbons (Fsp3) is 0.417. The van der Waals surface area contributed by atoms with E-state index in [0.29, 0.717) is 50.4 Å². The van der Waals surface area contributed by atoms with Gasteiger partial charge in [-0.2, -0.15) is 4.31 Å². The Balaban J connectivity index is 1.40. The zero-order valence-electron chi connectivity index (χ0n) is 18.9. The average Bonchev–Trinajstić information content (AvgIpc) is 2.79. The number of piperazine rings is 1. The molecule has 0 unspecified atom stereocenters. The minimum absolute atomic E-state index is 0.136. The van der Waals surface area contributed by atoms with Crippen molar-refractivity contribution >= 4 is 31.8 Å². The van der Waals surface area contributed by atoms with Gasteiger partial charge in [-0.1, -0.05) is 42.5 Å². The molecule has 0 radical (unpaired) electrons. The van der Waals surface area contributed by atoms with Crippen molar-refractivity contribution in [3.63, 3.8) is 0 Å². The summed E-state index contributed by atoms with van der Waals surface area (Å²) in [5.74, 6) is 0.136. The van der Waals surface area contributed by atoms with Gasteiger partial charge >= 0.3 is 0 Å². The van der Waals surface area contributed by atoms with Crippen molar-refractivity contribution in [1.29, 1.82) is 0 Å². The lowest BCUT2D eigenvalue weighted by Gasteiger charge is -2.34. The van der Waals surface area contributed by atoms with E-state index in [4.69, 9.17) is 0 Å². The molecule has 2 aromatic carbocycles. The molecule has 0 bridgehead atoms. The van der Waals surface area contributed by atoms with Gasteiger partial charge in [0.25, 0.3) is 0 Å². The maximum Gasteiger partial charge on any atom is 0.243 e. The Morgan fingerprint density at radius 2 is 1.67 bits per heavy atom. The number of aryl methyl sites for hydroxylation is 1. The number of sulfonamides is 2. The standard InChI is InChI=1S/C24H31N3O4S2/c1-21-20-23(27-14-5-6-19-32(27,28)29)11-12-24(21)33(30,31)26-17-15-25(16-18-26)13-7-10-22-8-3-2-4-9-22/h2-4,7-12,20H,5-6,13-19H2,1H3/b10-7+. The van der Waals surface area contributed by atoms with Gasteiger partial charge in [-0.3, -0.25) is 9.21 Å². The second-order valence-electron chi connectivity index (χ2n) is 8.56. The Bertz CT molecular complexity index is 1200. The maximum atomic E-state index is 13.3. The van der Waals surface area contributed by atoms with Crippen LogP contribution in [0.3, 0.4) is 0 Å². The monoisotopic (exact) mass is 489 g/mol. The first-order valence-electron chi connectivity index (χ1n) is 11.3. The summed E-state index contributed by atoms with van der Waals surface area (Å²) in [6, 6.07) is 15.0. The Morgan fingerprint density at radius 1 is 0.939 bits per heavy atom. The van der Waals surface area contributed by atoms with E-state index < -0.39 is 20.0 Å². The Kier molecular flexibility index (Phi) is 7.23. The summed E-state index contributed by atoms with van der Waals surface area (Å²) in [6.45, 7) is 5.16. The summed E-state index contributed by atoms with van der Waals surface area (Å²) in [5.41, 5.74) is 2.26. The van der Waals surface area contributed by atoms with Gasteiger partial charge in [0.1, 0.15) is 0 Å². The van der Waals surface area contributed by atoms with Gasteiger partial charge in [0.05, 0.1) is 16.3 Å². The van der Waals surface area contributed by atoms with E-state index in [-0.39, 0.29) is 10.6 Å². The molecule has 2 aliphatic rings. The summed E-state index contributed by atoms with van der Waals surface area (Å²) in [5, 5.41) is 0. The highest BCUT2D eigenvalue weighted by Crippen LogP contribution is 2.29. The van der Waals surface area contributed by atoms with Crippen molar-refractivity contribution in [1.82, 2.24) is 9.21 Å². The normalized spacial score (nSPS) is 20.3. The molecule has 0 saturated carbocycles. The van der Waals surface area contributed by atoms with E-state index in [2.05, 4.69) is 29.2 Å². The Morgan fingerprint density at radius 3 is 2.33 bits per heavy atom. The van der Waals surface area contributed by atoms with Crippen LogP contribution in [0.1, 0.15) is 24.0 Å². The van der Waals surface area contributed by atoms with E-state index in [0.717, 1.165) is 18.5 Å². The largest absolute Gasteiger partial charge is 0.297 e. The van der Waals surface area contributed by atoms with Crippen LogP contribution >= 0.6 is 0 Å². The van der Waals surface area contributed by atoms with Gasteiger partial charge in [-0.05, 0) is 49.1 Å². The molecule has 0 aliphatic carbocycles. The van der Waals surface area contributed by atoms with Crippen molar-refractivity contribution in [3.05, 3.63) is 65.7 Å². The van der Waals surface area contributed by atoms with Crippen LogP contribution in [0.25, 0.3) is 6.08 Å². The molecule has 4 rings (SSSR count). The molecule has 0 amide bonds. The first kappa shape index (κ1) is 23.9. The smallest absolute Gasteiger partial charge is 0.243 e. The molecule has 178 valence electrons. The molecule has 0 aromatic heterocycles. The van der Waals surface area contributed by atoms with Crippen LogP contribution in [0.2, 0.25) is 0 Å². The first-order valence-corrected chi connectivity index (χ1v) is 14.4. The van der Waals surface area contributed by atoms with Crippen molar-refractivity contribution in [2.24, 2.45) is 0 Å². The third-order valence-corrected chi connectivity index (χ3v) is 10.1. The lowest BCUT2D eigenvalue weighted by Crippen LogP contribution is -2.48. The third kappa shape index (κ3) is 5.48. The van der Waals surface area contributed by atoms with Crippen molar-refractivity contribution < 1.29 is 16.8 Å². The van der Waals surface area contributed by atoms with Crippen LogP contribution in [-0.2, 0) is 20.0 Å². The topological polar surface area (TPSA) is 78.0 Å². The number of benzene rings is 2. The molecule has 2 fully saturated rings. The van der Waals surface area contributed by atoms with Crippen molar-refractivity contribution in [2.75, 3.05) is 49.3 Å². The van der Waals surface area contributed by atoms with Gasteiger partial charge in [-0.25, -0.2) is 16.8 Å². The Labute approximate surface area is 197 Å². The van der Waals surface area contributed by atoms with Gasteiger partial charge in [0.2, 0.25) is 20.0 Å². The molecule has 0 spiro atoms. The lowest BCUT2D eigenvalue weighted by molar-refractivity contribution is 0.204. The van der Waals surface area contributed by atoms with Gasteiger partial charge < -0.3 is 0 Å². The van der Waals surface area contributed by atoms with Crippen molar-refractivity contribution in [3.8, 4) is 0 Å². The van der Waals surface area contributed by atoms with E-state index >= 15 is 0 Å². The van der Waals surface area contributed by atoms with Crippen LogP contribution in [0.5, 0.6) is 0 Å². The Hall–Kier alpha value is -2.20. The van der Waals surface area contributed by atoms with Gasteiger partial charge in [0, 0.05) is 39.3 Å². The molecule has 33 heavy (non-hydrogen) atoms. The number of rotatable bonds is 6. The van der Waals surface area contributed by atoms with E-state index in [9.17, 15) is 16.8 Å². The minimum atomic E-state index is -3.64. The van der Waals surface area contributed by atoms with E-state index in [1.165, 1.54) is 8.61 Å². The minimum Gasteiger partial charge on any atom is -0.297 e. The molecule has 0 N–H and O–H groups in total. The highest BCUT2D eigenvalue weighted by Gasteiger charge is 2.31. The quantitative estimate of drug-likeness (QED) is 0.624. The number of nitrogens with zero attached hydrogens (tertiary/aromatic N) is 3. The molecule has 7 nitrogen and oxygen atoms in total. The average molecular weight is 490 g/mol. The molecule has 2 aliphatic heterocycles. The highest BCUT2D eigenvalue weighted by atomic mass is 32.2. The van der Waals surface area contributed by atoms with Crippen molar-refractivity contribution in [2.45, 2.75) is 24.7 Å². The second-order valence-corrected chi connectivity index (χ2v) is 12.5. The maximum absolute atomic E-state index is 13.3. The SMILES string of the molecule is Cc1cc(N2CCCCS2(=O)=O)ccc1S(=O)(=O)N1CCN(C/C=C/c2ccccc2)CC1. The molecule has 9 heteroatoms. The van der Waals surface area contributed by atoms with Crippen LogP contribution in [0, 0.1) is 6.92 Å². The zero-order valence-corrected chi connectivity index (χ0v) is 20.6. The summed E-state index contributed by atoms with van der Waals surface area (Å²) < 4.78 is 54.3. The number of hydrogen-bond donors (Lipinski definition) is 0. The van der Waals surface area contributed by atoms with Crippen LogP contribution < -0.4 is 4.31 Å². The fourth-order valence-corrected chi connectivity index (χ4v) is 7.61. The number of anilines is 1. The van der Waals surface area contributed by atoms with E-state index in [1.54, 1.807) is 25.1 Å². The molecular formula is C24H31N3O4S2. The molecule has 2 saturated heterocycles. The molecular weight excluding hydrogens is 458 g/mol. The van der Waals surface area contributed by atoms with Gasteiger partial charge in [-0.15, -0.1) is 0 Å². The summed E-state index contributed by atoms with van der Waals surface area (Å²) in [4.78, 5) is 2.49. The lowest BCUT2D eigenvalue weighted by atomic mass is 10.2. The summed E-state index contributed by atoms with van der Waals surface area (Å²) in [6.07, 6.45) is 5.66. The van der Waals surface area contributed by atoms with Crippen LogP contribution in [0.15, 0.2) is 59.5 Å². The van der Waals surface area contributed by atoms with Gasteiger partial charge in [0.15, 0.2) is 0 Å². The summed E-state index contributed by atoms with van der Waals surface area (Å²) >= 11 is 0. The second kappa shape index (κ2) is 9.97. The fourth-order valence-electron chi connectivity index (χ4n) is 4.35.